The van der Waals surface area contributed by atoms with Crippen molar-refractivity contribution in [1.29, 1.82) is 0 Å². The molecule has 0 aromatic heterocycles. The normalized spacial score (nSPS) is 8.83. The van der Waals surface area contributed by atoms with Gasteiger partial charge in [-0.15, -0.1) is 4.91 Å². The zero-order valence-electron chi connectivity index (χ0n) is 6.94. The highest BCUT2D eigenvalue weighted by molar-refractivity contribution is 5.81. The number of hydrogen-bond acceptors (Lipinski definition) is 5. The highest BCUT2D eigenvalue weighted by atomic mass is 16.6. The number of carbonyl (C=O) groups excluding carboxylic acids is 2. The summed E-state index contributed by atoms with van der Waals surface area (Å²) in [7, 11) is 0. The fourth-order valence-electron chi connectivity index (χ4n) is 0.536. The Kier molecular flexibility index (Phi) is 4.59. The van der Waals surface area contributed by atoms with Gasteiger partial charge in [0, 0.05) is 0 Å². The molecular formula is C6H10N2O4. The molecule has 0 radical (unpaired) electrons. The standard InChI is InChI=1S/C6H10N2O4/c1-3-12-6(10)8(7-11)4-5(2)9/h3-4H2,1-2H3. The highest BCUT2D eigenvalue weighted by Crippen LogP contribution is 1.94. The SMILES string of the molecule is CCOC(=O)N(CC(C)=O)N=O. The molecule has 0 aliphatic heterocycles. The first-order chi connectivity index (χ1) is 5.61. The predicted molar refractivity (Wildman–Crippen MR) is 40.2 cm³/mol. The van der Waals surface area contributed by atoms with Gasteiger partial charge in [-0.05, 0) is 13.8 Å². The van der Waals surface area contributed by atoms with E-state index in [1.807, 2.05) is 0 Å². The Morgan fingerprint density at radius 2 is 2.08 bits per heavy atom. The van der Waals surface area contributed by atoms with E-state index in [1.165, 1.54) is 6.92 Å². The van der Waals surface area contributed by atoms with Crippen molar-refractivity contribution in [1.82, 2.24) is 5.01 Å². The summed E-state index contributed by atoms with van der Waals surface area (Å²) in [6.07, 6.45) is -0.900. The Hall–Kier alpha value is -1.46. The summed E-state index contributed by atoms with van der Waals surface area (Å²) in [5, 5.41) is 2.77. The minimum atomic E-state index is -0.900. The maximum atomic E-state index is 10.8. The number of ether oxygens (including phenoxy) is 1. The molecule has 0 aliphatic carbocycles. The van der Waals surface area contributed by atoms with Crippen LogP contribution in [0.2, 0.25) is 0 Å². The number of rotatable bonds is 4. The molecule has 0 N–H and O–H groups in total. The van der Waals surface area contributed by atoms with Gasteiger partial charge in [0.1, 0.15) is 6.54 Å². The summed E-state index contributed by atoms with van der Waals surface area (Å²) in [6, 6.07) is 0. The van der Waals surface area contributed by atoms with E-state index < -0.39 is 6.09 Å². The fraction of sp³-hybridized carbons (Fsp3) is 0.667. The van der Waals surface area contributed by atoms with Crippen LogP contribution in [0.5, 0.6) is 0 Å². The van der Waals surface area contributed by atoms with Gasteiger partial charge in [-0.3, -0.25) is 4.79 Å². The van der Waals surface area contributed by atoms with Crippen LogP contribution in [-0.4, -0.2) is 30.0 Å². The zero-order chi connectivity index (χ0) is 9.56. The molecule has 0 saturated carbocycles. The maximum absolute atomic E-state index is 10.8. The van der Waals surface area contributed by atoms with E-state index in [2.05, 4.69) is 10.0 Å². The van der Waals surface area contributed by atoms with E-state index in [0.29, 0.717) is 5.01 Å². The molecule has 0 aromatic rings. The Labute approximate surface area is 69.4 Å². The molecule has 0 unspecified atom stereocenters. The fourth-order valence-corrected chi connectivity index (χ4v) is 0.536. The van der Waals surface area contributed by atoms with E-state index in [4.69, 9.17) is 0 Å². The van der Waals surface area contributed by atoms with Gasteiger partial charge in [0.05, 0.1) is 11.9 Å². The van der Waals surface area contributed by atoms with Crippen LogP contribution in [0.1, 0.15) is 13.8 Å². The highest BCUT2D eigenvalue weighted by Gasteiger charge is 2.16. The molecule has 12 heavy (non-hydrogen) atoms. The molecular weight excluding hydrogens is 164 g/mol. The number of hydrogen-bond donors (Lipinski definition) is 0. The van der Waals surface area contributed by atoms with Crippen molar-refractivity contribution < 1.29 is 14.3 Å². The van der Waals surface area contributed by atoms with Crippen LogP contribution in [0.15, 0.2) is 5.29 Å². The van der Waals surface area contributed by atoms with Gasteiger partial charge in [0.2, 0.25) is 0 Å². The first kappa shape index (κ1) is 10.5. The van der Waals surface area contributed by atoms with Crippen LogP contribution >= 0.6 is 0 Å². The number of ketones is 1. The van der Waals surface area contributed by atoms with Crippen LogP contribution in [0.4, 0.5) is 4.79 Å². The van der Waals surface area contributed by atoms with Crippen molar-refractivity contribution >= 4 is 11.9 Å². The molecule has 0 spiro atoms. The van der Waals surface area contributed by atoms with Crippen LogP contribution in [-0.2, 0) is 9.53 Å². The number of Topliss-reactive ketones (excluding diaryl/α,β-unsaturated/α-hetero) is 1. The molecule has 0 bridgehead atoms. The average Bonchev–Trinajstić information content (AvgIpc) is 2.00. The number of carbonyl (C=O) groups is 2. The van der Waals surface area contributed by atoms with Crippen LogP contribution in [0.25, 0.3) is 0 Å². The van der Waals surface area contributed by atoms with Crippen molar-refractivity contribution in [2.75, 3.05) is 13.2 Å². The predicted octanol–water partition coefficient (Wildman–Crippen LogP) is 0.715. The maximum Gasteiger partial charge on any atom is 0.433 e. The quantitative estimate of drug-likeness (QED) is 0.464. The van der Waals surface area contributed by atoms with E-state index in [9.17, 15) is 14.5 Å². The van der Waals surface area contributed by atoms with Gasteiger partial charge in [-0.2, -0.15) is 5.01 Å². The molecule has 0 aromatic carbocycles. The Bertz CT molecular complexity index is 192. The molecule has 68 valence electrons. The molecule has 6 heteroatoms. The molecule has 0 atom stereocenters. The van der Waals surface area contributed by atoms with Gasteiger partial charge >= 0.3 is 6.09 Å². The third-order valence-corrected chi connectivity index (χ3v) is 0.950. The summed E-state index contributed by atoms with van der Waals surface area (Å²) in [6.45, 7) is 2.64. The van der Waals surface area contributed by atoms with E-state index >= 15 is 0 Å². The Morgan fingerprint density at radius 1 is 1.50 bits per heavy atom. The van der Waals surface area contributed by atoms with Gasteiger partial charge in [-0.1, -0.05) is 0 Å². The summed E-state index contributed by atoms with van der Waals surface area (Å²) >= 11 is 0. The molecule has 1 amide bonds. The molecule has 0 aliphatic rings. The molecule has 0 fully saturated rings. The zero-order valence-corrected chi connectivity index (χ0v) is 6.94. The molecule has 0 heterocycles. The lowest BCUT2D eigenvalue weighted by atomic mass is 10.4. The lowest BCUT2D eigenvalue weighted by molar-refractivity contribution is -0.117. The van der Waals surface area contributed by atoms with Crippen molar-refractivity contribution in [3.05, 3.63) is 4.91 Å². The van der Waals surface area contributed by atoms with Crippen molar-refractivity contribution in [2.45, 2.75) is 13.8 Å². The van der Waals surface area contributed by atoms with Gasteiger partial charge in [0.15, 0.2) is 5.78 Å². The second-order valence-corrected chi connectivity index (χ2v) is 2.04. The van der Waals surface area contributed by atoms with Crippen molar-refractivity contribution in [2.24, 2.45) is 5.29 Å². The number of nitrogens with zero attached hydrogens (tertiary/aromatic N) is 2. The summed E-state index contributed by atoms with van der Waals surface area (Å²) in [5.74, 6) is -0.331. The Balaban J connectivity index is 4.05. The lowest BCUT2D eigenvalue weighted by Gasteiger charge is -2.09. The van der Waals surface area contributed by atoms with Gasteiger partial charge in [-0.25, -0.2) is 4.79 Å². The number of amides is 1. The second-order valence-electron chi connectivity index (χ2n) is 2.04. The van der Waals surface area contributed by atoms with E-state index in [-0.39, 0.29) is 18.9 Å². The topological polar surface area (TPSA) is 76.0 Å². The van der Waals surface area contributed by atoms with Crippen molar-refractivity contribution in [3.63, 3.8) is 0 Å². The monoisotopic (exact) mass is 174 g/mol. The Morgan fingerprint density at radius 3 is 2.42 bits per heavy atom. The molecule has 0 rings (SSSR count). The summed E-state index contributed by atoms with van der Waals surface area (Å²) in [5.41, 5.74) is 0. The minimum absolute atomic E-state index is 0.142. The smallest absolute Gasteiger partial charge is 0.433 e. The first-order valence-electron chi connectivity index (χ1n) is 3.38. The van der Waals surface area contributed by atoms with Crippen LogP contribution < -0.4 is 0 Å². The summed E-state index contributed by atoms with van der Waals surface area (Å²) in [4.78, 5) is 31.2. The van der Waals surface area contributed by atoms with Gasteiger partial charge < -0.3 is 4.74 Å². The average molecular weight is 174 g/mol. The first-order valence-corrected chi connectivity index (χ1v) is 3.38. The van der Waals surface area contributed by atoms with E-state index in [0.717, 1.165) is 0 Å². The third-order valence-electron chi connectivity index (χ3n) is 0.950. The molecule has 0 saturated heterocycles. The third kappa shape index (κ3) is 3.65. The van der Waals surface area contributed by atoms with E-state index in [1.54, 1.807) is 6.92 Å². The largest absolute Gasteiger partial charge is 0.448 e. The van der Waals surface area contributed by atoms with Crippen molar-refractivity contribution in [3.8, 4) is 0 Å². The minimum Gasteiger partial charge on any atom is -0.448 e. The molecule has 6 nitrogen and oxygen atoms in total. The lowest BCUT2D eigenvalue weighted by Crippen LogP contribution is -2.30. The van der Waals surface area contributed by atoms with Crippen LogP contribution in [0.3, 0.4) is 0 Å². The number of nitroso groups, excluding NO2 is 1. The second kappa shape index (κ2) is 5.22. The summed E-state index contributed by atoms with van der Waals surface area (Å²) < 4.78 is 4.44. The van der Waals surface area contributed by atoms with Crippen LogP contribution in [0, 0.1) is 4.91 Å². The van der Waals surface area contributed by atoms with Gasteiger partial charge in [0.25, 0.3) is 0 Å².